The Morgan fingerprint density at radius 1 is 1.24 bits per heavy atom. The number of hydrogen-bond acceptors (Lipinski definition) is 4. The number of nitrogens with one attached hydrogen (secondary N) is 1. The van der Waals surface area contributed by atoms with Crippen LogP contribution in [-0.4, -0.2) is 19.5 Å². The van der Waals surface area contributed by atoms with Gasteiger partial charge in [-0.05, 0) is 39.3 Å². The Labute approximate surface area is 151 Å². The quantitative estimate of drug-likeness (QED) is 0.665. The average Bonchev–Trinajstić information content (AvgIpc) is 2.86. The fourth-order valence-corrected chi connectivity index (χ4v) is 3.89. The third-order valence-corrected chi connectivity index (χ3v) is 5.56. The fraction of sp³-hybridized carbons (Fsp3) is 0.421. The molecule has 0 saturated heterocycles. The Hall–Kier alpha value is -2.08. The second-order valence-corrected chi connectivity index (χ2v) is 7.61. The Morgan fingerprint density at radius 3 is 2.76 bits per heavy atom. The number of unbranched alkanes of at least 4 members (excludes halogenated alkanes) is 1. The largest absolute Gasteiger partial charge is 0.323 e. The fourth-order valence-electron chi connectivity index (χ4n) is 2.80. The SMILES string of the molecule is CCCCn1c(S[C@H](C)c2nc3ccccc3c(=O)[nH]2)nc(C)c1C. The molecule has 0 amide bonds. The van der Waals surface area contributed by atoms with Gasteiger partial charge in [-0.15, -0.1) is 0 Å². The second-order valence-electron chi connectivity index (χ2n) is 6.30. The predicted molar refractivity (Wildman–Crippen MR) is 103 cm³/mol. The van der Waals surface area contributed by atoms with Crippen LogP contribution in [0.1, 0.15) is 49.2 Å². The van der Waals surface area contributed by atoms with E-state index in [4.69, 9.17) is 4.98 Å². The molecule has 0 aliphatic rings. The van der Waals surface area contributed by atoms with Crippen molar-refractivity contribution in [3.05, 3.63) is 51.8 Å². The summed E-state index contributed by atoms with van der Waals surface area (Å²) in [6.45, 7) is 9.38. The highest BCUT2D eigenvalue weighted by atomic mass is 32.2. The summed E-state index contributed by atoms with van der Waals surface area (Å²) in [5, 5.41) is 1.63. The number of aromatic amines is 1. The van der Waals surface area contributed by atoms with Crippen LogP contribution in [0.4, 0.5) is 0 Å². The van der Waals surface area contributed by atoms with Gasteiger partial charge in [0, 0.05) is 12.2 Å². The van der Waals surface area contributed by atoms with E-state index in [2.05, 4.69) is 35.3 Å². The number of imidazole rings is 1. The monoisotopic (exact) mass is 356 g/mol. The van der Waals surface area contributed by atoms with E-state index in [1.807, 2.05) is 25.1 Å². The molecule has 3 rings (SSSR count). The number of fused-ring (bicyclic) bond motifs is 1. The van der Waals surface area contributed by atoms with Gasteiger partial charge in [-0.25, -0.2) is 9.97 Å². The van der Waals surface area contributed by atoms with E-state index in [9.17, 15) is 4.79 Å². The van der Waals surface area contributed by atoms with E-state index >= 15 is 0 Å². The lowest BCUT2D eigenvalue weighted by Gasteiger charge is -2.13. The molecule has 0 radical (unpaired) electrons. The number of rotatable bonds is 6. The Balaban J connectivity index is 1.91. The lowest BCUT2D eigenvalue weighted by atomic mass is 10.2. The first-order valence-corrected chi connectivity index (χ1v) is 9.58. The van der Waals surface area contributed by atoms with Crippen molar-refractivity contribution in [1.82, 2.24) is 19.5 Å². The summed E-state index contributed by atoms with van der Waals surface area (Å²) < 4.78 is 2.28. The third-order valence-electron chi connectivity index (χ3n) is 4.46. The summed E-state index contributed by atoms with van der Waals surface area (Å²) in [4.78, 5) is 24.6. The second kappa shape index (κ2) is 7.44. The maximum Gasteiger partial charge on any atom is 0.258 e. The van der Waals surface area contributed by atoms with Crippen molar-refractivity contribution in [2.24, 2.45) is 0 Å². The first-order valence-electron chi connectivity index (χ1n) is 8.70. The van der Waals surface area contributed by atoms with E-state index in [0.29, 0.717) is 11.2 Å². The number of aryl methyl sites for hydroxylation is 1. The molecule has 1 atom stereocenters. The van der Waals surface area contributed by atoms with Gasteiger partial charge in [-0.2, -0.15) is 0 Å². The van der Waals surface area contributed by atoms with Crippen LogP contribution >= 0.6 is 11.8 Å². The zero-order chi connectivity index (χ0) is 18.0. The van der Waals surface area contributed by atoms with Crippen LogP contribution in [0.2, 0.25) is 0 Å². The average molecular weight is 356 g/mol. The topological polar surface area (TPSA) is 63.6 Å². The molecular formula is C19H24N4OS. The van der Waals surface area contributed by atoms with Gasteiger partial charge >= 0.3 is 0 Å². The van der Waals surface area contributed by atoms with Crippen LogP contribution in [0.5, 0.6) is 0 Å². The van der Waals surface area contributed by atoms with E-state index in [0.717, 1.165) is 35.8 Å². The van der Waals surface area contributed by atoms with Gasteiger partial charge in [0.05, 0.1) is 21.8 Å². The predicted octanol–water partition coefficient (Wildman–Crippen LogP) is 4.39. The van der Waals surface area contributed by atoms with Crippen molar-refractivity contribution in [3.63, 3.8) is 0 Å². The normalized spacial score (nSPS) is 12.6. The van der Waals surface area contributed by atoms with Crippen molar-refractivity contribution < 1.29 is 0 Å². The first kappa shape index (κ1) is 17.7. The van der Waals surface area contributed by atoms with Gasteiger partial charge < -0.3 is 9.55 Å². The summed E-state index contributed by atoms with van der Waals surface area (Å²) in [5.41, 5.74) is 2.92. The van der Waals surface area contributed by atoms with Crippen LogP contribution in [0, 0.1) is 13.8 Å². The number of hydrogen-bond donors (Lipinski definition) is 1. The van der Waals surface area contributed by atoms with Crippen LogP contribution in [0.15, 0.2) is 34.2 Å². The third kappa shape index (κ3) is 3.63. The molecular weight excluding hydrogens is 332 g/mol. The van der Waals surface area contributed by atoms with Crippen molar-refractivity contribution in [1.29, 1.82) is 0 Å². The zero-order valence-corrected chi connectivity index (χ0v) is 16.0. The molecule has 0 unspecified atom stereocenters. The molecule has 0 spiro atoms. The number of thioether (sulfide) groups is 1. The van der Waals surface area contributed by atoms with Crippen molar-refractivity contribution in [3.8, 4) is 0 Å². The molecule has 2 heterocycles. The lowest BCUT2D eigenvalue weighted by Crippen LogP contribution is -2.13. The molecule has 0 saturated carbocycles. The van der Waals surface area contributed by atoms with E-state index in [1.54, 1.807) is 17.8 Å². The van der Waals surface area contributed by atoms with Crippen LogP contribution < -0.4 is 5.56 Å². The zero-order valence-electron chi connectivity index (χ0n) is 15.2. The van der Waals surface area contributed by atoms with Crippen LogP contribution in [0.3, 0.4) is 0 Å². The summed E-state index contributed by atoms with van der Waals surface area (Å²) >= 11 is 1.65. The molecule has 1 N–H and O–H groups in total. The first-order chi connectivity index (χ1) is 12.0. The molecule has 6 heteroatoms. The van der Waals surface area contributed by atoms with E-state index in [1.165, 1.54) is 5.69 Å². The summed E-state index contributed by atoms with van der Waals surface area (Å²) in [6, 6.07) is 7.43. The van der Waals surface area contributed by atoms with Gasteiger partial charge in [0.15, 0.2) is 5.16 Å². The molecule has 3 aromatic rings. The number of para-hydroxylation sites is 1. The molecule has 1 aromatic carbocycles. The summed E-state index contributed by atoms with van der Waals surface area (Å²) in [6.07, 6.45) is 2.28. The maximum atomic E-state index is 12.3. The summed E-state index contributed by atoms with van der Waals surface area (Å²) in [7, 11) is 0. The minimum atomic E-state index is -0.0882. The molecule has 0 aliphatic heterocycles. The molecule has 0 aliphatic carbocycles. The number of benzene rings is 1. The molecule has 25 heavy (non-hydrogen) atoms. The molecule has 0 bridgehead atoms. The summed E-state index contributed by atoms with van der Waals surface area (Å²) in [5.74, 6) is 0.689. The molecule has 5 nitrogen and oxygen atoms in total. The van der Waals surface area contributed by atoms with Crippen molar-refractivity contribution in [2.45, 2.75) is 57.5 Å². The standard InChI is InChI=1S/C19H24N4OS/c1-5-6-11-23-13(3)12(2)20-19(23)25-14(4)17-21-16-10-8-7-9-15(16)18(24)22-17/h7-10,14H,5-6,11H2,1-4H3,(H,21,22,24)/t14-/m1/s1. The number of nitrogens with zero attached hydrogens (tertiary/aromatic N) is 3. The minimum Gasteiger partial charge on any atom is -0.323 e. The smallest absolute Gasteiger partial charge is 0.258 e. The van der Waals surface area contributed by atoms with Crippen LogP contribution in [-0.2, 0) is 6.54 Å². The molecule has 132 valence electrons. The van der Waals surface area contributed by atoms with Gasteiger partial charge in [-0.3, -0.25) is 4.79 Å². The van der Waals surface area contributed by atoms with Gasteiger partial charge in [0.2, 0.25) is 0 Å². The minimum absolute atomic E-state index is 0.0129. The Bertz CT molecular complexity index is 944. The molecule has 2 aromatic heterocycles. The van der Waals surface area contributed by atoms with Gasteiger partial charge in [0.1, 0.15) is 5.82 Å². The maximum absolute atomic E-state index is 12.3. The van der Waals surface area contributed by atoms with E-state index in [-0.39, 0.29) is 10.8 Å². The van der Waals surface area contributed by atoms with Gasteiger partial charge in [-0.1, -0.05) is 37.2 Å². The number of aromatic nitrogens is 4. The highest BCUT2D eigenvalue weighted by Gasteiger charge is 2.18. The Kier molecular flexibility index (Phi) is 5.27. The van der Waals surface area contributed by atoms with Crippen molar-refractivity contribution in [2.75, 3.05) is 0 Å². The highest BCUT2D eigenvalue weighted by molar-refractivity contribution is 7.99. The Morgan fingerprint density at radius 2 is 2.00 bits per heavy atom. The lowest BCUT2D eigenvalue weighted by molar-refractivity contribution is 0.574. The van der Waals surface area contributed by atoms with E-state index < -0.39 is 0 Å². The molecule has 0 fully saturated rings. The highest BCUT2D eigenvalue weighted by Crippen LogP contribution is 2.33. The van der Waals surface area contributed by atoms with Crippen molar-refractivity contribution >= 4 is 22.7 Å². The van der Waals surface area contributed by atoms with Gasteiger partial charge in [0.25, 0.3) is 5.56 Å². The van der Waals surface area contributed by atoms with Crippen LogP contribution in [0.25, 0.3) is 10.9 Å². The number of H-pyrrole nitrogens is 1.